The Balaban J connectivity index is 1.47. The SMILES string of the molecule is CCn1nc(-c2cnccn2)cc1-c1cnc2c(c1)NCC(c1c(F)cccc1F)O2. The molecule has 0 bridgehead atoms. The molecule has 7 nitrogen and oxygen atoms in total. The number of halogens is 2. The fraction of sp³-hybridized carbons (Fsp3) is 0.182. The van der Waals surface area contributed by atoms with Crippen molar-refractivity contribution in [2.24, 2.45) is 0 Å². The summed E-state index contributed by atoms with van der Waals surface area (Å²) in [6.45, 7) is 2.87. The smallest absolute Gasteiger partial charge is 0.238 e. The van der Waals surface area contributed by atoms with Gasteiger partial charge in [-0.25, -0.2) is 13.8 Å². The van der Waals surface area contributed by atoms with Gasteiger partial charge in [0.25, 0.3) is 0 Å². The lowest BCUT2D eigenvalue weighted by Crippen LogP contribution is -2.26. The average molecular weight is 420 g/mol. The molecule has 1 aliphatic heterocycles. The van der Waals surface area contributed by atoms with Crippen molar-refractivity contribution < 1.29 is 13.5 Å². The van der Waals surface area contributed by atoms with Gasteiger partial charge in [-0.2, -0.15) is 5.10 Å². The average Bonchev–Trinajstić information content (AvgIpc) is 3.24. The minimum Gasteiger partial charge on any atom is -0.466 e. The molecule has 156 valence electrons. The maximum atomic E-state index is 14.1. The van der Waals surface area contributed by atoms with E-state index in [9.17, 15) is 8.78 Å². The molecule has 4 aromatic rings. The van der Waals surface area contributed by atoms with Crippen LogP contribution in [0.25, 0.3) is 22.6 Å². The van der Waals surface area contributed by atoms with Gasteiger partial charge in [0.2, 0.25) is 5.88 Å². The summed E-state index contributed by atoms with van der Waals surface area (Å²) in [4.78, 5) is 12.8. The molecule has 1 unspecified atom stereocenters. The molecule has 0 amide bonds. The van der Waals surface area contributed by atoms with Gasteiger partial charge in [-0.3, -0.25) is 14.6 Å². The Morgan fingerprint density at radius 1 is 1.10 bits per heavy atom. The van der Waals surface area contributed by atoms with E-state index in [1.165, 1.54) is 18.2 Å². The van der Waals surface area contributed by atoms with E-state index >= 15 is 0 Å². The van der Waals surface area contributed by atoms with Crippen molar-refractivity contribution in [1.82, 2.24) is 24.7 Å². The van der Waals surface area contributed by atoms with Crippen LogP contribution in [0.4, 0.5) is 14.5 Å². The first-order valence-corrected chi connectivity index (χ1v) is 9.83. The molecule has 0 spiro atoms. The van der Waals surface area contributed by atoms with E-state index in [0.29, 0.717) is 29.5 Å². The van der Waals surface area contributed by atoms with Gasteiger partial charge in [0, 0.05) is 30.7 Å². The van der Waals surface area contributed by atoms with Gasteiger partial charge in [-0.05, 0) is 31.2 Å². The van der Waals surface area contributed by atoms with Crippen LogP contribution in [0.5, 0.6) is 5.88 Å². The first-order valence-electron chi connectivity index (χ1n) is 9.83. The zero-order chi connectivity index (χ0) is 21.4. The normalized spacial score (nSPS) is 15.1. The van der Waals surface area contributed by atoms with E-state index in [1.54, 1.807) is 24.8 Å². The molecule has 1 atom stereocenters. The standard InChI is InChI=1S/C22H18F2N6O/c1-2-30-19(9-16(29-30)18-11-25-6-7-26-18)13-8-17-22(28-10-13)31-20(12-27-17)21-14(23)4-3-5-15(21)24/h3-11,20,27H,2,12H2,1H3. The van der Waals surface area contributed by atoms with E-state index in [1.807, 2.05) is 23.7 Å². The van der Waals surface area contributed by atoms with Gasteiger partial charge in [0.05, 0.1) is 29.7 Å². The molecule has 0 aliphatic carbocycles. The van der Waals surface area contributed by atoms with Gasteiger partial charge in [-0.1, -0.05) is 6.07 Å². The second kappa shape index (κ2) is 7.75. The quantitative estimate of drug-likeness (QED) is 0.532. The molecular formula is C22H18F2N6O. The number of ether oxygens (including phenoxy) is 1. The minimum absolute atomic E-state index is 0.107. The Morgan fingerprint density at radius 2 is 1.94 bits per heavy atom. The first-order chi connectivity index (χ1) is 15.1. The van der Waals surface area contributed by atoms with E-state index < -0.39 is 17.7 Å². The third kappa shape index (κ3) is 3.48. The van der Waals surface area contributed by atoms with E-state index in [-0.39, 0.29) is 12.1 Å². The Labute approximate surface area is 176 Å². The van der Waals surface area contributed by atoms with Crippen LogP contribution in [0, 0.1) is 11.6 Å². The maximum absolute atomic E-state index is 14.1. The molecule has 0 fully saturated rings. The van der Waals surface area contributed by atoms with Crippen LogP contribution < -0.4 is 10.1 Å². The van der Waals surface area contributed by atoms with Gasteiger partial charge >= 0.3 is 0 Å². The molecule has 4 heterocycles. The highest BCUT2D eigenvalue weighted by molar-refractivity contribution is 5.71. The first kappa shape index (κ1) is 19.1. The Kier molecular flexibility index (Phi) is 4.78. The summed E-state index contributed by atoms with van der Waals surface area (Å²) in [5.41, 5.74) is 3.62. The number of anilines is 1. The van der Waals surface area contributed by atoms with E-state index in [2.05, 4.69) is 25.4 Å². The summed E-state index contributed by atoms with van der Waals surface area (Å²) >= 11 is 0. The van der Waals surface area contributed by atoms with Crippen LogP contribution >= 0.6 is 0 Å². The highest BCUT2D eigenvalue weighted by Crippen LogP contribution is 2.37. The number of hydrogen-bond acceptors (Lipinski definition) is 6. The molecule has 3 aromatic heterocycles. The lowest BCUT2D eigenvalue weighted by Gasteiger charge is -2.27. The second-order valence-corrected chi connectivity index (χ2v) is 7.02. The zero-order valence-electron chi connectivity index (χ0n) is 16.6. The van der Waals surface area contributed by atoms with E-state index in [0.717, 1.165) is 11.3 Å². The zero-order valence-corrected chi connectivity index (χ0v) is 16.6. The molecule has 9 heteroatoms. The van der Waals surface area contributed by atoms with Gasteiger partial charge in [0.1, 0.15) is 29.1 Å². The number of aryl methyl sites for hydroxylation is 1. The van der Waals surface area contributed by atoms with Crippen molar-refractivity contribution in [3.8, 4) is 28.5 Å². The lowest BCUT2D eigenvalue weighted by molar-refractivity contribution is 0.191. The maximum Gasteiger partial charge on any atom is 0.238 e. The van der Waals surface area contributed by atoms with Crippen LogP contribution in [0.3, 0.4) is 0 Å². The third-order valence-corrected chi connectivity index (χ3v) is 5.11. The Bertz CT molecular complexity index is 1220. The number of nitrogens with one attached hydrogen (secondary N) is 1. The Morgan fingerprint density at radius 3 is 2.68 bits per heavy atom. The van der Waals surface area contributed by atoms with Gasteiger partial charge in [0.15, 0.2) is 0 Å². The number of fused-ring (bicyclic) bond motifs is 1. The minimum atomic E-state index is -0.809. The van der Waals surface area contributed by atoms with Crippen molar-refractivity contribution in [3.63, 3.8) is 0 Å². The van der Waals surface area contributed by atoms with Crippen LogP contribution in [-0.2, 0) is 6.54 Å². The monoisotopic (exact) mass is 420 g/mol. The molecule has 0 saturated heterocycles. The van der Waals surface area contributed by atoms with Crippen LogP contribution in [0.1, 0.15) is 18.6 Å². The third-order valence-electron chi connectivity index (χ3n) is 5.11. The summed E-state index contributed by atoms with van der Waals surface area (Å²) in [5.74, 6) is -0.995. The number of pyridine rings is 1. The summed E-state index contributed by atoms with van der Waals surface area (Å²) in [6.07, 6.45) is 5.74. The van der Waals surface area contributed by atoms with Crippen molar-refractivity contribution in [3.05, 3.63) is 72.3 Å². The van der Waals surface area contributed by atoms with Crippen molar-refractivity contribution >= 4 is 5.69 Å². The Hall–Kier alpha value is -3.88. The molecule has 31 heavy (non-hydrogen) atoms. The predicted octanol–water partition coefficient (Wildman–Crippen LogP) is 4.25. The number of nitrogens with zero attached hydrogens (tertiary/aromatic N) is 5. The molecule has 5 rings (SSSR count). The molecule has 0 saturated carbocycles. The summed E-state index contributed by atoms with van der Waals surface area (Å²) < 4.78 is 35.9. The topological polar surface area (TPSA) is 77.8 Å². The van der Waals surface area contributed by atoms with Gasteiger partial charge in [-0.15, -0.1) is 0 Å². The largest absolute Gasteiger partial charge is 0.466 e. The highest BCUT2D eigenvalue weighted by atomic mass is 19.1. The van der Waals surface area contributed by atoms with Crippen molar-refractivity contribution in [2.45, 2.75) is 19.6 Å². The summed E-state index contributed by atoms with van der Waals surface area (Å²) in [7, 11) is 0. The molecular weight excluding hydrogens is 402 g/mol. The number of aromatic nitrogens is 5. The van der Waals surface area contributed by atoms with Crippen molar-refractivity contribution in [1.29, 1.82) is 0 Å². The number of rotatable bonds is 4. The predicted molar refractivity (Wildman–Crippen MR) is 110 cm³/mol. The van der Waals surface area contributed by atoms with Crippen LogP contribution in [0.15, 0.2) is 55.1 Å². The number of hydrogen-bond donors (Lipinski definition) is 1. The molecule has 1 aliphatic rings. The second-order valence-electron chi connectivity index (χ2n) is 7.02. The summed E-state index contributed by atoms with van der Waals surface area (Å²) in [6, 6.07) is 7.58. The molecule has 1 aromatic carbocycles. The van der Waals surface area contributed by atoms with Crippen LogP contribution in [-0.4, -0.2) is 31.3 Å². The number of benzene rings is 1. The van der Waals surface area contributed by atoms with Crippen molar-refractivity contribution in [2.75, 3.05) is 11.9 Å². The summed E-state index contributed by atoms with van der Waals surface area (Å²) in [5, 5.41) is 7.79. The highest BCUT2D eigenvalue weighted by Gasteiger charge is 2.27. The van der Waals surface area contributed by atoms with E-state index in [4.69, 9.17) is 4.74 Å². The molecule has 1 N–H and O–H groups in total. The lowest BCUT2D eigenvalue weighted by atomic mass is 10.1. The fourth-order valence-electron chi connectivity index (χ4n) is 3.62. The molecule has 0 radical (unpaired) electrons. The van der Waals surface area contributed by atoms with Gasteiger partial charge < -0.3 is 10.1 Å². The van der Waals surface area contributed by atoms with Crippen LogP contribution in [0.2, 0.25) is 0 Å². The fourth-order valence-corrected chi connectivity index (χ4v) is 3.62.